The first-order valence-corrected chi connectivity index (χ1v) is 5.70. The molecule has 0 heterocycles. The first kappa shape index (κ1) is 12.6. The van der Waals surface area contributed by atoms with Crippen LogP contribution in [0, 0.1) is 0 Å². The Kier molecular flexibility index (Phi) is 5.25. The summed E-state index contributed by atoms with van der Waals surface area (Å²) in [5, 5.41) is 21.0. The molecule has 2 atom stereocenters. The molecule has 0 bridgehead atoms. The van der Waals surface area contributed by atoms with Gasteiger partial charge in [0, 0.05) is 17.1 Å². The smallest absolute Gasteiger partial charge is 0.0895 e. The maximum Gasteiger partial charge on any atom is 0.0895 e. The molecule has 1 unspecified atom stereocenters. The summed E-state index contributed by atoms with van der Waals surface area (Å²) >= 11 is 3.41. The molecule has 1 rings (SSSR count). The fraction of sp³-hybridized carbons (Fsp3) is 0.455. The summed E-state index contributed by atoms with van der Waals surface area (Å²) in [4.78, 5) is 0. The lowest BCUT2D eigenvalue weighted by atomic mass is 10.1. The van der Waals surface area contributed by atoms with Gasteiger partial charge in [-0.2, -0.15) is 0 Å². The molecule has 3 N–H and O–H groups in total. The summed E-state index contributed by atoms with van der Waals surface area (Å²) in [7, 11) is 0. The highest BCUT2D eigenvalue weighted by molar-refractivity contribution is 9.10. The lowest BCUT2D eigenvalue weighted by molar-refractivity contribution is 0.0924. The molecule has 0 aliphatic heterocycles. The first-order chi connectivity index (χ1) is 7.13. The Bertz CT molecular complexity index is 306. The van der Waals surface area contributed by atoms with E-state index in [1.165, 1.54) is 0 Å². The lowest BCUT2D eigenvalue weighted by Crippen LogP contribution is -2.31. The number of benzene rings is 1. The molecule has 4 heteroatoms. The molecule has 0 aromatic heterocycles. The number of aliphatic hydroxyl groups excluding tert-OH is 2. The number of aliphatic hydroxyl groups is 2. The molecule has 84 valence electrons. The minimum Gasteiger partial charge on any atom is -0.394 e. The highest BCUT2D eigenvalue weighted by Gasteiger charge is 2.07. The van der Waals surface area contributed by atoms with E-state index < -0.39 is 6.10 Å². The van der Waals surface area contributed by atoms with E-state index in [9.17, 15) is 5.11 Å². The molecule has 0 fully saturated rings. The van der Waals surface area contributed by atoms with Crippen molar-refractivity contribution in [3.8, 4) is 0 Å². The van der Waals surface area contributed by atoms with Crippen LogP contribution in [-0.2, 0) is 0 Å². The van der Waals surface area contributed by atoms with Crippen molar-refractivity contribution in [3.63, 3.8) is 0 Å². The highest BCUT2D eigenvalue weighted by Crippen LogP contribution is 2.17. The predicted molar refractivity (Wildman–Crippen MR) is 63.7 cm³/mol. The van der Waals surface area contributed by atoms with Gasteiger partial charge >= 0.3 is 0 Å². The second-order valence-electron chi connectivity index (χ2n) is 3.52. The zero-order chi connectivity index (χ0) is 11.3. The van der Waals surface area contributed by atoms with Crippen LogP contribution in [0.15, 0.2) is 28.7 Å². The van der Waals surface area contributed by atoms with E-state index in [1.54, 1.807) is 0 Å². The molecular weight excluding hydrogens is 258 g/mol. The van der Waals surface area contributed by atoms with Gasteiger partial charge in [0.05, 0.1) is 12.7 Å². The summed E-state index contributed by atoms with van der Waals surface area (Å²) < 4.78 is 1.04. The summed E-state index contributed by atoms with van der Waals surface area (Å²) in [6.07, 6.45) is -0.695. The van der Waals surface area contributed by atoms with Crippen LogP contribution in [0.3, 0.4) is 0 Å². The molecule has 0 radical (unpaired) electrons. The Labute approximate surface area is 98.3 Å². The Hall–Kier alpha value is -0.420. The van der Waals surface area contributed by atoms with E-state index >= 15 is 0 Å². The van der Waals surface area contributed by atoms with Gasteiger partial charge in [0.15, 0.2) is 0 Å². The molecule has 0 spiro atoms. The number of rotatable bonds is 5. The zero-order valence-electron chi connectivity index (χ0n) is 8.65. The third-order valence-corrected chi connectivity index (χ3v) is 2.71. The van der Waals surface area contributed by atoms with Crippen LogP contribution in [0.1, 0.15) is 18.5 Å². The van der Waals surface area contributed by atoms with Crippen LogP contribution in [0.25, 0.3) is 0 Å². The topological polar surface area (TPSA) is 52.5 Å². The predicted octanol–water partition coefficient (Wildman–Crippen LogP) is 1.45. The number of hydrogen-bond donors (Lipinski definition) is 3. The van der Waals surface area contributed by atoms with Gasteiger partial charge in [0.25, 0.3) is 0 Å². The molecule has 15 heavy (non-hydrogen) atoms. The standard InChI is InChI=1S/C11H16BrNO2/c1-8(13-6-11(15)7-14)9-3-2-4-10(12)5-9/h2-5,8,11,13-15H,6-7H2,1H3/t8-,11?/m1/s1. The average molecular weight is 274 g/mol. The van der Waals surface area contributed by atoms with E-state index in [-0.39, 0.29) is 12.6 Å². The van der Waals surface area contributed by atoms with Gasteiger partial charge < -0.3 is 15.5 Å². The average Bonchev–Trinajstić information content (AvgIpc) is 2.25. The van der Waals surface area contributed by atoms with Crippen LogP contribution in [-0.4, -0.2) is 29.5 Å². The van der Waals surface area contributed by atoms with Crippen molar-refractivity contribution < 1.29 is 10.2 Å². The van der Waals surface area contributed by atoms with E-state index in [1.807, 2.05) is 31.2 Å². The first-order valence-electron chi connectivity index (χ1n) is 4.91. The maximum absolute atomic E-state index is 9.19. The summed E-state index contributed by atoms with van der Waals surface area (Å²) in [5.41, 5.74) is 1.15. The SMILES string of the molecule is C[C@@H](NCC(O)CO)c1cccc(Br)c1. The normalized spacial score (nSPS) is 14.9. The summed E-state index contributed by atoms with van der Waals surface area (Å²) in [6.45, 7) is 2.20. The van der Waals surface area contributed by atoms with E-state index in [4.69, 9.17) is 5.11 Å². The highest BCUT2D eigenvalue weighted by atomic mass is 79.9. The van der Waals surface area contributed by atoms with Crippen molar-refractivity contribution in [3.05, 3.63) is 34.3 Å². The minimum atomic E-state index is -0.695. The fourth-order valence-corrected chi connectivity index (χ4v) is 1.69. The molecule has 1 aromatic rings. The second-order valence-corrected chi connectivity index (χ2v) is 4.44. The number of hydrogen-bond acceptors (Lipinski definition) is 3. The Balaban J connectivity index is 2.50. The minimum absolute atomic E-state index is 0.156. The van der Waals surface area contributed by atoms with E-state index in [0.29, 0.717) is 6.54 Å². The van der Waals surface area contributed by atoms with Gasteiger partial charge in [0.2, 0.25) is 0 Å². The molecule has 3 nitrogen and oxygen atoms in total. The molecule has 0 saturated carbocycles. The van der Waals surface area contributed by atoms with Crippen molar-refractivity contribution in [2.45, 2.75) is 19.1 Å². The van der Waals surface area contributed by atoms with Gasteiger partial charge in [-0.3, -0.25) is 0 Å². The van der Waals surface area contributed by atoms with Crippen molar-refractivity contribution >= 4 is 15.9 Å². The third kappa shape index (κ3) is 4.30. The second kappa shape index (κ2) is 6.23. The van der Waals surface area contributed by atoms with Crippen LogP contribution in [0.5, 0.6) is 0 Å². The van der Waals surface area contributed by atoms with Gasteiger partial charge in [-0.1, -0.05) is 28.1 Å². The largest absolute Gasteiger partial charge is 0.394 e. The van der Waals surface area contributed by atoms with E-state index in [2.05, 4.69) is 21.2 Å². The van der Waals surface area contributed by atoms with Gasteiger partial charge in [-0.05, 0) is 24.6 Å². The summed E-state index contributed by atoms with van der Waals surface area (Å²) in [6, 6.07) is 8.15. The summed E-state index contributed by atoms with van der Waals surface area (Å²) in [5.74, 6) is 0. The van der Waals surface area contributed by atoms with Crippen molar-refractivity contribution in [2.75, 3.05) is 13.2 Å². The van der Waals surface area contributed by atoms with Crippen molar-refractivity contribution in [1.82, 2.24) is 5.32 Å². The van der Waals surface area contributed by atoms with Crippen LogP contribution >= 0.6 is 15.9 Å². The maximum atomic E-state index is 9.19. The molecular formula is C11H16BrNO2. The van der Waals surface area contributed by atoms with E-state index in [0.717, 1.165) is 10.0 Å². The van der Waals surface area contributed by atoms with Crippen molar-refractivity contribution in [2.24, 2.45) is 0 Å². The third-order valence-electron chi connectivity index (χ3n) is 2.22. The molecule has 0 aliphatic carbocycles. The van der Waals surface area contributed by atoms with Crippen molar-refractivity contribution in [1.29, 1.82) is 0 Å². The number of halogens is 1. The molecule has 0 amide bonds. The van der Waals surface area contributed by atoms with Crippen LogP contribution in [0.2, 0.25) is 0 Å². The molecule has 0 aliphatic rings. The monoisotopic (exact) mass is 273 g/mol. The molecule has 1 aromatic carbocycles. The molecule has 0 saturated heterocycles. The zero-order valence-corrected chi connectivity index (χ0v) is 10.2. The van der Waals surface area contributed by atoms with Crippen LogP contribution in [0.4, 0.5) is 0 Å². The Morgan fingerprint density at radius 3 is 2.80 bits per heavy atom. The van der Waals surface area contributed by atoms with Crippen LogP contribution < -0.4 is 5.32 Å². The Morgan fingerprint density at radius 2 is 2.20 bits per heavy atom. The lowest BCUT2D eigenvalue weighted by Gasteiger charge is -2.16. The van der Waals surface area contributed by atoms with Gasteiger partial charge in [-0.15, -0.1) is 0 Å². The quantitative estimate of drug-likeness (QED) is 0.761. The fourth-order valence-electron chi connectivity index (χ4n) is 1.27. The van der Waals surface area contributed by atoms with Gasteiger partial charge in [0.1, 0.15) is 0 Å². The Morgan fingerprint density at radius 1 is 1.47 bits per heavy atom. The number of nitrogens with one attached hydrogen (secondary N) is 1. The van der Waals surface area contributed by atoms with Gasteiger partial charge in [-0.25, -0.2) is 0 Å².